The molecular weight excluding hydrogens is 655 g/mol. The lowest BCUT2D eigenvalue weighted by Crippen LogP contribution is -1.95. The average Bonchev–Trinajstić information content (AvgIpc) is 3.26. The number of para-hydroxylation sites is 2. The Labute approximate surface area is 313 Å². The van der Waals surface area contributed by atoms with Gasteiger partial charge in [-0.15, -0.1) is 0 Å². The van der Waals surface area contributed by atoms with Crippen LogP contribution in [0.5, 0.6) is 0 Å². The Morgan fingerprint density at radius 2 is 0.667 bits per heavy atom. The third-order valence-electron chi connectivity index (χ3n) is 10.3. The molecule has 2 aromatic heterocycles. The first kappa shape index (κ1) is 31.5. The van der Waals surface area contributed by atoms with E-state index < -0.39 is 0 Å². The van der Waals surface area contributed by atoms with E-state index in [-0.39, 0.29) is 0 Å². The standard InChI is InChI=1S/C51H33N3/c1-3-12-34(13-4-1)35-22-28-39(29-23-35)49-44-17-8-10-21-47(44)53-51(54-49)41-32-26-37(27-33-41)36-24-30-40(31-25-36)50-45-19-11-18-42(38-14-5-2-6-15-38)48(45)43-16-7-9-20-46(43)52-50/h1-33H. The van der Waals surface area contributed by atoms with Crippen molar-refractivity contribution in [2.24, 2.45) is 0 Å². The molecule has 0 amide bonds. The Bertz CT molecular complexity index is 2940. The van der Waals surface area contributed by atoms with Crippen LogP contribution in [0.1, 0.15) is 0 Å². The van der Waals surface area contributed by atoms with Gasteiger partial charge in [-0.05, 0) is 45.5 Å². The summed E-state index contributed by atoms with van der Waals surface area (Å²) in [5.41, 5.74) is 14.0. The fraction of sp³-hybridized carbons (Fsp3) is 0. The molecule has 3 heteroatoms. The predicted molar refractivity (Wildman–Crippen MR) is 225 cm³/mol. The lowest BCUT2D eigenvalue weighted by atomic mass is 9.92. The lowest BCUT2D eigenvalue weighted by Gasteiger charge is -2.14. The van der Waals surface area contributed by atoms with E-state index in [0.717, 1.165) is 66.4 Å². The first-order valence-electron chi connectivity index (χ1n) is 18.3. The van der Waals surface area contributed by atoms with Gasteiger partial charge in [-0.25, -0.2) is 15.0 Å². The highest BCUT2D eigenvalue weighted by Crippen LogP contribution is 2.39. The van der Waals surface area contributed by atoms with Crippen molar-refractivity contribution in [3.63, 3.8) is 0 Å². The van der Waals surface area contributed by atoms with Crippen LogP contribution in [0.25, 0.3) is 99.9 Å². The van der Waals surface area contributed by atoms with Crippen LogP contribution in [0.4, 0.5) is 0 Å². The maximum Gasteiger partial charge on any atom is 0.160 e. The highest BCUT2D eigenvalue weighted by Gasteiger charge is 2.15. The zero-order chi connectivity index (χ0) is 35.8. The second-order valence-electron chi connectivity index (χ2n) is 13.6. The van der Waals surface area contributed by atoms with Gasteiger partial charge in [0.15, 0.2) is 5.82 Å². The summed E-state index contributed by atoms with van der Waals surface area (Å²) >= 11 is 0. The minimum absolute atomic E-state index is 0.710. The van der Waals surface area contributed by atoms with Crippen LogP contribution in [0.3, 0.4) is 0 Å². The predicted octanol–water partition coefficient (Wildman–Crippen LogP) is 13.3. The smallest absolute Gasteiger partial charge is 0.160 e. The molecule has 0 unspecified atom stereocenters. The molecule has 0 N–H and O–H groups in total. The second-order valence-corrected chi connectivity index (χ2v) is 13.6. The molecule has 0 spiro atoms. The number of fused-ring (bicyclic) bond motifs is 4. The van der Waals surface area contributed by atoms with E-state index in [1.807, 2.05) is 18.2 Å². The average molecular weight is 688 g/mol. The summed E-state index contributed by atoms with van der Waals surface area (Å²) in [6, 6.07) is 70.3. The molecule has 10 aromatic rings. The fourth-order valence-electron chi connectivity index (χ4n) is 7.59. The summed E-state index contributed by atoms with van der Waals surface area (Å²) in [4.78, 5) is 15.4. The van der Waals surface area contributed by atoms with Gasteiger partial charge in [-0.2, -0.15) is 0 Å². The van der Waals surface area contributed by atoms with E-state index in [0.29, 0.717) is 5.82 Å². The highest BCUT2D eigenvalue weighted by molar-refractivity contribution is 6.17. The van der Waals surface area contributed by atoms with Gasteiger partial charge in [0.25, 0.3) is 0 Å². The van der Waals surface area contributed by atoms with Gasteiger partial charge >= 0.3 is 0 Å². The van der Waals surface area contributed by atoms with E-state index in [1.54, 1.807) is 0 Å². The van der Waals surface area contributed by atoms with Gasteiger partial charge < -0.3 is 0 Å². The van der Waals surface area contributed by atoms with Crippen molar-refractivity contribution < 1.29 is 0 Å². The Morgan fingerprint density at radius 3 is 1.28 bits per heavy atom. The quantitative estimate of drug-likeness (QED) is 0.163. The monoisotopic (exact) mass is 687 g/mol. The molecule has 10 rings (SSSR count). The van der Waals surface area contributed by atoms with Crippen molar-refractivity contribution in [1.82, 2.24) is 15.0 Å². The van der Waals surface area contributed by atoms with Crippen molar-refractivity contribution in [2.45, 2.75) is 0 Å². The molecule has 0 aliphatic rings. The largest absolute Gasteiger partial charge is 0.247 e. The summed E-state index contributed by atoms with van der Waals surface area (Å²) < 4.78 is 0. The molecule has 8 aromatic carbocycles. The Hall–Kier alpha value is -7.23. The zero-order valence-electron chi connectivity index (χ0n) is 29.4. The molecule has 0 fully saturated rings. The van der Waals surface area contributed by atoms with Crippen molar-refractivity contribution >= 4 is 32.6 Å². The first-order chi connectivity index (χ1) is 26.8. The van der Waals surface area contributed by atoms with Crippen LogP contribution >= 0.6 is 0 Å². The van der Waals surface area contributed by atoms with E-state index in [1.165, 1.54) is 27.6 Å². The molecule has 0 bridgehead atoms. The molecule has 3 nitrogen and oxygen atoms in total. The number of hydrogen-bond donors (Lipinski definition) is 0. The van der Waals surface area contributed by atoms with Gasteiger partial charge in [-0.3, -0.25) is 0 Å². The third-order valence-corrected chi connectivity index (χ3v) is 10.3. The van der Waals surface area contributed by atoms with Crippen LogP contribution in [0.2, 0.25) is 0 Å². The Morgan fingerprint density at radius 1 is 0.241 bits per heavy atom. The van der Waals surface area contributed by atoms with Crippen molar-refractivity contribution in [3.8, 4) is 67.3 Å². The number of benzene rings is 8. The van der Waals surface area contributed by atoms with Crippen molar-refractivity contribution in [3.05, 3.63) is 200 Å². The lowest BCUT2D eigenvalue weighted by molar-refractivity contribution is 1.23. The van der Waals surface area contributed by atoms with Gasteiger partial charge in [-0.1, -0.05) is 188 Å². The molecule has 0 aliphatic carbocycles. The van der Waals surface area contributed by atoms with Crippen LogP contribution in [0.15, 0.2) is 200 Å². The summed E-state index contributed by atoms with van der Waals surface area (Å²) in [6.07, 6.45) is 0. The van der Waals surface area contributed by atoms with E-state index in [4.69, 9.17) is 15.0 Å². The number of pyridine rings is 1. The maximum atomic E-state index is 5.21. The normalized spacial score (nSPS) is 11.3. The molecule has 0 saturated carbocycles. The zero-order valence-corrected chi connectivity index (χ0v) is 29.4. The van der Waals surface area contributed by atoms with Gasteiger partial charge in [0.1, 0.15) is 0 Å². The Balaban J connectivity index is 0.986. The first-order valence-corrected chi connectivity index (χ1v) is 18.3. The van der Waals surface area contributed by atoms with Gasteiger partial charge in [0.2, 0.25) is 0 Å². The van der Waals surface area contributed by atoms with E-state index in [2.05, 4.69) is 182 Å². The fourth-order valence-corrected chi connectivity index (χ4v) is 7.59. The SMILES string of the molecule is c1ccc(-c2ccc(-c3nc(-c4ccc(-c5ccc(-c6nc7ccccc7c7c(-c8ccccc8)cccc67)cc5)cc4)nc4ccccc34)cc2)cc1. The van der Waals surface area contributed by atoms with E-state index in [9.17, 15) is 0 Å². The van der Waals surface area contributed by atoms with Crippen molar-refractivity contribution in [1.29, 1.82) is 0 Å². The Kier molecular flexibility index (Phi) is 7.81. The van der Waals surface area contributed by atoms with Gasteiger partial charge in [0.05, 0.1) is 22.4 Å². The molecule has 0 atom stereocenters. The van der Waals surface area contributed by atoms with E-state index >= 15 is 0 Å². The second kappa shape index (κ2) is 13.4. The summed E-state index contributed by atoms with van der Waals surface area (Å²) in [7, 11) is 0. The maximum absolute atomic E-state index is 5.21. The molecule has 54 heavy (non-hydrogen) atoms. The van der Waals surface area contributed by atoms with Crippen molar-refractivity contribution in [2.75, 3.05) is 0 Å². The molecular formula is C51H33N3. The number of aromatic nitrogens is 3. The minimum atomic E-state index is 0.710. The van der Waals surface area contributed by atoms with Crippen LogP contribution < -0.4 is 0 Å². The van der Waals surface area contributed by atoms with Crippen LogP contribution in [0, 0.1) is 0 Å². The summed E-state index contributed by atoms with van der Waals surface area (Å²) in [5.74, 6) is 0.710. The molecule has 0 radical (unpaired) electrons. The van der Waals surface area contributed by atoms with Gasteiger partial charge in [0, 0.05) is 38.2 Å². The molecule has 252 valence electrons. The molecule has 2 heterocycles. The number of nitrogens with zero attached hydrogens (tertiary/aromatic N) is 3. The topological polar surface area (TPSA) is 38.7 Å². The third kappa shape index (κ3) is 5.69. The summed E-state index contributed by atoms with van der Waals surface area (Å²) in [5, 5.41) is 4.58. The van der Waals surface area contributed by atoms with Crippen LogP contribution in [-0.4, -0.2) is 15.0 Å². The molecule has 0 aliphatic heterocycles. The highest BCUT2D eigenvalue weighted by atomic mass is 14.9. The summed E-state index contributed by atoms with van der Waals surface area (Å²) in [6.45, 7) is 0. The minimum Gasteiger partial charge on any atom is -0.247 e. The molecule has 0 saturated heterocycles. The number of rotatable bonds is 6. The van der Waals surface area contributed by atoms with Crippen LogP contribution in [-0.2, 0) is 0 Å². The number of hydrogen-bond acceptors (Lipinski definition) is 3.